The van der Waals surface area contributed by atoms with Gasteiger partial charge in [-0.2, -0.15) is 5.10 Å². The molecule has 0 aromatic carbocycles. The summed E-state index contributed by atoms with van der Waals surface area (Å²) in [7, 11) is 3.63. The molecule has 0 saturated heterocycles. The number of nitrogens with two attached hydrogens (primary N) is 1. The number of aryl methyl sites for hydroxylation is 1. The number of anilines is 1. The Morgan fingerprint density at radius 2 is 2.00 bits per heavy atom. The minimum absolute atomic E-state index is 0.0174. The van der Waals surface area contributed by atoms with Crippen LogP contribution in [0.5, 0.6) is 0 Å². The van der Waals surface area contributed by atoms with Crippen molar-refractivity contribution in [3.05, 3.63) is 11.8 Å². The predicted octanol–water partition coefficient (Wildman–Crippen LogP) is 1.90. The van der Waals surface area contributed by atoms with Gasteiger partial charge in [-0.15, -0.1) is 0 Å². The van der Waals surface area contributed by atoms with E-state index in [9.17, 15) is 4.79 Å². The van der Waals surface area contributed by atoms with Crippen LogP contribution in [0.4, 0.5) is 5.82 Å². The van der Waals surface area contributed by atoms with E-state index in [2.05, 4.69) is 18.9 Å². The van der Waals surface area contributed by atoms with Crippen molar-refractivity contribution in [3.8, 4) is 0 Å². The van der Waals surface area contributed by atoms with Gasteiger partial charge in [-0.25, -0.2) is 0 Å². The molecule has 19 heavy (non-hydrogen) atoms. The summed E-state index contributed by atoms with van der Waals surface area (Å²) < 4.78 is 1.54. The number of carbonyl (C=O) groups excluding carboxylic acids is 1. The van der Waals surface area contributed by atoms with Crippen LogP contribution in [-0.4, -0.2) is 33.7 Å². The molecule has 0 spiro atoms. The van der Waals surface area contributed by atoms with E-state index in [0.717, 1.165) is 0 Å². The van der Waals surface area contributed by atoms with Gasteiger partial charge in [0.2, 0.25) is 0 Å². The van der Waals surface area contributed by atoms with Crippen molar-refractivity contribution < 1.29 is 4.79 Å². The van der Waals surface area contributed by atoms with E-state index < -0.39 is 0 Å². The first-order valence-electron chi connectivity index (χ1n) is 6.98. The molecule has 5 heteroatoms. The Hall–Kier alpha value is -1.52. The molecule has 2 rings (SSSR count). The van der Waals surface area contributed by atoms with Gasteiger partial charge in [0.25, 0.3) is 5.91 Å². The molecule has 0 aliphatic heterocycles. The Kier molecular flexibility index (Phi) is 3.83. The second-order valence-corrected chi connectivity index (χ2v) is 5.86. The normalized spacial score (nSPS) is 27.3. The maximum absolute atomic E-state index is 12.6. The number of hydrogen-bond acceptors (Lipinski definition) is 3. The smallest absolute Gasteiger partial charge is 0.259 e. The quantitative estimate of drug-likeness (QED) is 0.887. The summed E-state index contributed by atoms with van der Waals surface area (Å²) in [6, 6.07) is 0.292. The number of hydrogen-bond donors (Lipinski definition) is 1. The van der Waals surface area contributed by atoms with Gasteiger partial charge in [0.05, 0.1) is 6.20 Å². The lowest BCUT2D eigenvalue weighted by atomic mass is 9.78. The lowest BCUT2D eigenvalue weighted by Crippen LogP contribution is -2.47. The number of nitrogens with zero attached hydrogens (tertiary/aromatic N) is 3. The molecule has 106 valence electrons. The van der Waals surface area contributed by atoms with E-state index in [1.54, 1.807) is 13.2 Å². The fourth-order valence-electron chi connectivity index (χ4n) is 3.36. The molecule has 1 amide bonds. The van der Waals surface area contributed by atoms with Gasteiger partial charge in [0.15, 0.2) is 0 Å². The number of rotatable bonds is 2. The number of amides is 1. The summed E-state index contributed by atoms with van der Waals surface area (Å²) in [6.45, 7) is 4.47. The van der Waals surface area contributed by atoms with Crippen molar-refractivity contribution in [1.82, 2.24) is 14.7 Å². The van der Waals surface area contributed by atoms with Gasteiger partial charge in [0, 0.05) is 20.1 Å². The summed E-state index contributed by atoms with van der Waals surface area (Å²) in [6.07, 6.45) is 5.20. The van der Waals surface area contributed by atoms with Crippen molar-refractivity contribution in [2.45, 2.75) is 39.2 Å². The van der Waals surface area contributed by atoms with E-state index in [4.69, 9.17) is 5.73 Å². The molecular weight excluding hydrogens is 240 g/mol. The highest BCUT2D eigenvalue weighted by atomic mass is 16.2. The predicted molar refractivity (Wildman–Crippen MR) is 75.7 cm³/mol. The fraction of sp³-hybridized carbons (Fsp3) is 0.714. The average Bonchev–Trinajstić information content (AvgIpc) is 2.69. The average molecular weight is 264 g/mol. The number of aromatic nitrogens is 2. The standard InChI is InChI=1S/C14H24N4O/c1-9-6-5-7-10(2)12(9)17(3)14(19)11-8-16-18(4)13(11)15/h8-10,12H,5-7,15H2,1-4H3/t9-,10+,12?. The molecule has 1 aliphatic rings. The first-order chi connectivity index (χ1) is 8.93. The monoisotopic (exact) mass is 264 g/mol. The molecule has 1 fully saturated rings. The second-order valence-electron chi connectivity index (χ2n) is 5.86. The van der Waals surface area contributed by atoms with Crippen LogP contribution >= 0.6 is 0 Å². The molecule has 2 N–H and O–H groups in total. The minimum atomic E-state index is -0.0174. The van der Waals surface area contributed by atoms with E-state index in [1.807, 2.05) is 11.9 Å². The van der Waals surface area contributed by atoms with E-state index in [1.165, 1.54) is 23.9 Å². The maximum atomic E-state index is 12.6. The lowest BCUT2D eigenvalue weighted by Gasteiger charge is -2.40. The minimum Gasteiger partial charge on any atom is -0.383 e. The first-order valence-corrected chi connectivity index (χ1v) is 6.98. The molecule has 1 aliphatic carbocycles. The van der Waals surface area contributed by atoms with Gasteiger partial charge in [0.1, 0.15) is 11.4 Å². The second kappa shape index (κ2) is 5.23. The Morgan fingerprint density at radius 1 is 1.42 bits per heavy atom. The Bertz CT molecular complexity index is 458. The summed E-state index contributed by atoms with van der Waals surface area (Å²) >= 11 is 0. The van der Waals surface area contributed by atoms with Crippen molar-refractivity contribution >= 4 is 11.7 Å². The number of nitrogen functional groups attached to an aromatic ring is 1. The highest BCUT2D eigenvalue weighted by molar-refractivity contribution is 5.98. The highest BCUT2D eigenvalue weighted by Crippen LogP contribution is 2.33. The molecule has 0 radical (unpaired) electrons. The van der Waals surface area contributed by atoms with E-state index in [-0.39, 0.29) is 5.91 Å². The topological polar surface area (TPSA) is 64.2 Å². The largest absolute Gasteiger partial charge is 0.383 e. The first kappa shape index (κ1) is 13.9. The van der Waals surface area contributed by atoms with Crippen LogP contribution in [0.3, 0.4) is 0 Å². The van der Waals surface area contributed by atoms with Gasteiger partial charge in [-0.1, -0.05) is 20.3 Å². The third-order valence-corrected chi connectivity index (χ3v) is 4.47. The van der Waals surface area contributed by atoms with Crippen molar-refractivity contribution in [2.24, 2.45) is 18.9 Å². The zero-order valence-corrected chi connectivity index (χ0v) is 12.3. The fourth-order valence-corrected chi connectivity index (χ4v) is 3.36. The molecule has 1 unspecified atom stereocenters. The third kappa shape index (κ3) is 2.46. The van der Waals surface area contributed by atoms with Crippen LogP contribution in [-0.2, 0) is 7.05 Å². The SMILES string of the molecule is C[C@@H]1CCC[C@H](C)C1N(C)C(=O)c1cnn(C)c1N. The lowest BCUT2D eigenvalue weighted by molar-refractivity contribution is 0.0519. The van der Waals surface area contributed by atoms with Crippen LogP contribution < -0.4 is 5.73 Å². The molecule has 3 atom stereocenters. The van der Waals surface area contributed by atoms with Crippen molar-refractivity contribution in [2.75, 3.05) is 12.8 Å². The van der Waals surface area contributed by atoms with Gasteiger partial charge < -0.3 is 10.6 Å². The van der Waals surface area contributed by atoms with Crippen LogP contribution in [0, 0.1) is 11.8 Å². The van der Waals surface area contributed by atoms with Gasteiger partial charge in [-0.3, -0.25) is 9.48 Å². The van der Waals surface area contributed by atoms with Crippen LogP contribution in [0.2, 0.25) is 0 Å². The summed E-state index contributed by atoms with van der Waals surface area (Å²) in [5.41, 5.74) is 6.40. The molecular formula is C14H24N4O. The van der Waals surface area contributed by atoms with Crippen molar-refractivity contribution in [1.29, 1.82) is 0 Å². The molecule has 1 heterocycles. The summed E-state index contributed by atoms with van der Waals surface area (Å²) in [5, 5.41) is 4.05. The zero-order chi connectivity index (χ0) is 14.2. The number of carbonyl (C=O) groups is 1. The van der Waals surface area contributed by atoms with Crippen LogP contribution in [0.25, 0.3) is 0 Å². The Morgan fingerprint density at radius 3 is 2.47 bits per heavy atom. The summed E-state index contributed by atoms with van der Waals surface area (Å²) in [5.74, 6) is 1.50. The van der Waals surface area contributed by atoms with Crippen molar-refractivity contribution in [3.63, 3.8) is 0 Å². The van der Waals surface area contributed by atoms with Crippen LogP contribution in [0.15, 0.2) is 6.20 Å². The maximum Gasteiger partial charge on any atom is 0.259 e. The molecule has 5 nitrogen and oxygen atoms in total. The third-order valence-electron chi connectivity index (χ3n) is 4.47. The van der Waals surface area contributed by atoms with Gasteiger partial charge >= 0.3 is 0 Å². The summed E-state index contributed by atoms with van der Waals surface area (Å²) in [4.78, 5) is 14.4. The van der Waals surface area contributed by atoms with E-state index in [0.29, 0.717) is 29.3 Å². The highest BCUT2D eigenvalue weighted by Gasteiger charge is 2.34. The molecule has 1 aromatic rings. The zero-order valence-electron chi connectivity index (χ0n) is 12.3. The van der Waals surface area contributed by atoms with Crippen LogP contribution in [0.1, 0.15) is 43.5 Å². The Balaban J connectivity index is 2.21. The molecule has 1 aromatic heterocycles. The Labute approximate surface area is 114 Å². The van der Waals surface area contributed by atoms with E-state index >= 15 is 0 Å². The van der Waals surface area contributed by atoms with Gasteiger partial charge in [-0.05, 0) is 24.7 Å². The molecule has 1 saturated carbocycles. The molecule has 0 bridgehead atoms.